The van der Waals surface area contributed by atoms with E-state index in [4.69, 9.17) is 23.2 Å². The first-order valence-corrected chi connectivity index (χ1v) is 9.67. The van der Waals surface area contributed by atoms with Crippen molar-refractivity contribution in [3.63, 3.8) is 0 Å². The van der Waals surface area contributed by atoms with E-state index in [9.17, 15) is 4.79 Å². The van der Waals surface area contributed by atoms with E-state index in [1.54, 1.807) is 0 Å². The number of rotatable bonds is 5. The molecule has 0 fully saturated rings. The summed E-state index contributed by atoms with van der Waals surface area (Å²) in [6, 6.07) is 19.9. The molecule has 0 aliphatic rings. The molecule has 28 heavy (non-hydrogen) atoms. The van der Waals surface area contributed by atoms with Crippen LogP contribution in [0.2, 0.25) is 10.0 Å². The van der Waals surface area contributed by atoms with Crippen molar-refractivity contribution in [3.05, 3.63) is 87.4 Å². The minimum Gasteiger partial charge on any atom is -0.353 e. The van der Waals surface area contributed by atoms with E-state index in [1.165, 1.54) is 5.56 Å². The third-order valence-electron chi connectivity index (χ3n) is 4.89. The molecule has 0 spiro atoms. The van der Waals surface area contributed by atoms with Crippen molar-refractivity contribution in [2.75, 3.05) is 5.32 Å². The van der Waals surface area contributed by atoms with Gasteiger partial charge in [-0.2, -0.15) is 0 Å². The Morgan fingerprint density at radius 1 is 1.00 bits per heavy atom. The average molecular weight is 409 g/mol. The lowest BCUT2D eigenvalue weighted by molar-refractivity contribution is -0.105. The molecule has 140 valence electrons. The van der Waals surface area contributed by atoms with Gasteiger partial charge in [-0.05, 0) is 47.9 Å². The number of aromatic amines is 1. The Kier molecular flexibility index (Phi) is 5.12. The third kappa shape index (κ3) is 3.51. The van der Waals surface area contributed by atoms with Crippen LogP contribution in [0.3, 0.4) is 0 Å². The van der Waals surface area contributed by atoms with Gasteiger partial charge in [0.05, 0.1) is 11.2 Å². The van der Waals surface area contributed by atoms with E-state index in [2.05, 4.69) is 47.6 Å². The summed E-state index contributed by atoms with van der Waals surface area (Å²) in [5, 5.41) is 5.09. The van der Waals surface area contributed by atoms with Gasteiger partial charge in [0.1, 0.15) is 0 Å². The highest BCUT2D eigenvalue weighted by molar-refractivity contribution is 6.36. The minimum absolute atomic E-state index is 0.599. The summed E-state index contributed by atoms with van der Waals surface area (Å²) >= 11 is 12.8. The molecule has 3 nitrogen and oxygen atoms in total. The summed E-state index contributed by atoms with van der Waals surface area (Å²) in [4.78, 5) is 14.5. The summed E-state index contributed by atoms with van der Waals surface area (Å²) in [6.07, 6.45) is 1.29. The average Bonchev–Trinajstić information content (AvgIpc) is 3.13. The van der Waals surface area contributed by atoms with Crippen LogP contribution in [-0.4, -0.2) is 11.4 Å². The van der Waals surface area contributed by atoms with Gasteiger partial charge >= 0.3 is 0 Å². The lowest BCUT2D eigenvalue weighted by Crippen LogP contribution is -1.97. The summed E-state index contributed by atoms with van der Waals surface area (Å²) < 4.78 is 0. The van der Waals surface area contributed by atoms with Gasteiger partial charge in [0.25, 0.3) is 0 Å². The van der Waals surface area contributed by atoms with E-state index < -0.39 is 0 Å². The highest BCUT2D eigenvalue weighted by atomic mass is 35.5. The SMILES string of the molecule is Cc1ccc(-c2cc3c(Cc4c(Cl)cccc4Cl)ccc(NC=O)c3[nH]2)cc1. The molecule has 4 aromatic rings. The molecular weight excluding hydrogens is 391 g/mol. The number of anilines is 1. The van der Waals surface area contributed by atoms with E-state index in [1.807, 2.05) is 30.3 Å². The van der Waals surface area contributed by atoms with E-state index in [0.717, 1.165) is 39.0 Å². The summed E-state index contributed by atoms with van der Waals surface area (Å²) in [7, 11) is 0. The van der Waals surface area contributed by atoms with Gasteiger partial charge in [0.2, 0.25) is 6.41 Å². The van der Waals surface area contributed by atoms with Crippen molar-refractivity contribution in [1.29, 1.82) is 0 Å². The van der Waals surface area contributed by atoms with Crippen molar-refractivity contribution in [1.82, 2.24) is 4.98 Å². The Hall–Kier alpha value is -2.75. The zero-order valence-electron chi connectivity index (χ0n) is 15.2. The molecule has 0 aliphatic heterocycles. The molecule has 0 unspecified atom stereocenters. The maximum atomic E-state index is 11.0. The lowest BCUT2D eigenvalue weighted by Gasteiger charge is -2.10. The molecule has 0 aliphatic carbocycles. The molecule has 0 atom stereocenters. The molecule has 1 heterocycles. The summed E-state index contributed by atoms with van der Waals surface area (Å²) in [5.74, 6) is 0. The van der Waals surface area contributed by atoms with Crippen LogP contribution in [0.1, 0.15) is 16.7 Å². The molecule has 0 radical (unpaired) electrons. The molecule has 0 saturated carbocycles. The van der Waals surface area contributed by atoms with Gasteiger partial charge in [0, 0.05) is 27.5 Å². The second-order valence-electron chi connectivity index (χ2n) is 6.75. The van der Waals surface area contributed by atoms with E-state index >= 15 is 0 Å². The zero-order chi connectivity index (χ0) is 19.7. The number of amides is 1. The van der Waals surface area contributed by atoms with Crippen molar-refractivity contribution >= 4 is 46.2 Å². The molecular formula is C23H18Cl2N2O. The van der Waals surface area contributed by atoms with E-state index in [0.29, 0.717) is 22.9 Å². The van der Waals surface area contributed by atoms with Crippen LogP contribution in [0, 0.1) is 6.92 Å². The zero-order valence-corrected chi connectivity index (χ0v) is 16.7. The fraction of sp³-hybridized carbons (Fsp3) is 0.0870. The smallest absolute Gasteiger partial charge is 0.211 e. The van der Waals surface area contributed by atoms with Gasteiger partial charge < -0.3 is 10.3 Å². The number of aryl methyl sites for hydroxylation is 1. The molecule has 5 heteroatoms. The molecule has 1 amide bonds. The standard InChI is InChI=1S/C23H18Cl2N2O/c1-14-5-7-15(8-6-14)22-12-17-16(9-10-21(26-13-28)23(17)27-22)11-18-19(24)3-2-4-20(18)25/h2-10,12-13,27H,11H2,1H3,(H,26,28). The highest BCUT2D eigenvalue weighted by Crippen LogP contribution is 2.34. The third-order valence-corrected chi connectivity index (χ3v) is 5.60. The van der Waals surface area contributed by atoms with Crippen LogP contribution in [-0.2, 0) is 11.2 Å². The van der Waals surface area contributed by atoms with Crippen LogP contribution in [0.25, 0.3) is 22.2 Å². The molecule has 1 aromatic heterocycles. The second kappa shape index (κ2) is 7.70. The summed E-state index contributed by atoms with van der Waals surface area (Å²) in [5.41, 5.74) is 6.86. The number of carbonyl (C=O) groups is 1. The van der Waals surface area contributed by atoms with Gasteiger partial charge in [0.15, 0.2) is 0 Å². The first kappa shape index (κ1) is 18.6. The molecule has 3 aromatic carbocycles. The van der Waals surface area contributed by atoms with Crippen LogP contribution >= 0.6 is 23.2 Å². The first-order valence-electron chi connectivity index (χ1n) is 8.91. The first-order chi connectivity index (χ1) is 13.6. The number of benzene rings is 3. The largest absolute Gasteiger partial charge is 0.353 e. The van der Waals surface area contributed by atoms with Gasteiger partial charge in [-0.25, -0.2) is 0 Å². The number of halogens is 2. The molecule has 0 bridgehead atoms. The van der Waals surface area contributed by atoms with Gasteiger partial charge in [-0.1, -0.05) is 65.2 Å². The molecule has 0 saturated heterocycles. The topological polar surface area (TPSA) is 44.9 Å². The van der Waals surface area contributed by atoms with Crippen LogP contribution < -0.4 is 5.32 Å². The lowest BCUT2D eigenvalue weighted by atomic mass is 10.00. The Bertz CT molecular complexity index is 1140. The van der Waals surface area contributed by atoms with Crippen molar-refractivity contribution < 1.29 is 4.79 Å². The van der Waals surface area contributed by atoms with Crippen molar-refractivity contribution in [2.24, 2.45) is 0 Å². The van der Waals surface area contributed by atoms with Crippen molar-refractivity contribution in [2.45, 2.75) is 13.3 Å². The minimum atomic E-state index is 0.599. The number of H-pyrrole nitrogens is 1. The number of aromatic nitrogens is 1. The van der Waals surface area contributed by atoms with Crippen LogP contribution in [0.4, 0.5) is 5.69 Å². The number of nitrogens with one attached hydrogen (secondary N) is 2. The quantitative estimate of drug-likeness (QED) is 0.358. The predicted octanol–water partition coefficient (Wildman–Crippen LogP) is 6.61. The van der Waals surface area contributed by atoms with Crippen LogP contribution in [0.15, 0.2) is 60.7 Å². The van der Waals surface area contributed by atoms with Crippen LogP contribution in [0.5, 0.6) is 0 Å². The fourth-order valence-corrected chi connectivity index (χ4v) is 3.93. The highest BCUT2D eigenvalue weighted by Gasteiger charge is 2.14. The summed E-state index contributed by atoms with van der Waals surface area (Å²) in [6.45, 7) is 2.06. The number of hydrogen-bond acceptors (Lipinski definition) is 1. The maximum Gasteiger partial charge on any atom is 0.211 e. The van der Waals surface area contributed by atoms with Crippen molar-refractivity contribution in [3.8, 4) is 11.3 Å². The molecule has 4 rings (SSSR count). The normalized spacial score (nSPS) is 11.0. The van der Waals surface area contributed by atoms with Gasteiger partial charge in [-0.15, -0.1) is 0 Å². The fourth-order valence-electron chi connectivity index (χ4n) is 3.40. The Morgan fingerprint density at radius 3 is 2.39 bits per heavy atom. The maximum absolute atomic E-state index is 11.0. The van der Waals surface area contributed by atoms with Gasteiger partial charge in [-0.3, -0.25) is 4.79 Å². The van der Waals surface area contributed by atoms with E-state index in [-0.39, 0.29) is 0 Å². The molecule has 2 N–H and O–H groups in total. The monoisotopic (exact) mass is 408 g/mol. The Morgan fingerprint density at radius 2 is 1.71 bits per heavy atom. The Balaban J connectivity index is 1.86. The number of fused-ring (bicyclic) bond motifs is 1. The number of hydrogen-bond donors (Lipinski definition) is 2. The Labute approximate surface area is 173 Å². The second-order valence-corrected chi connectivity index (χ2v) is 7.56. The number of carbonyl (C=O) groups excluding carboxylic acids is 1. The predicted molar refractivity (Wildman–Crippen MR) is 117 cm³/mol.